The molecule has 3 rings (SSSR count). The number of aryl methyl sites for hydroxylation is 1. The molecule has 216 valence electrons. The molecule has 2 atom stereocenters. The zero-order chi connectivity index (χ0) is 29.4. The minimum Gasteiger partial charge on any atom is -0.464 e. The number of hydrogen-bond acceptors (Lipinski definition) is 7. The number of fused-ring (bicyclic) bond motifs is 1. The molecule has 0 radical (unpaired) electrons. The summed E-state index contributed by atoms with van der Waals surface area (Å²) in [7, 11) is 0. The number of nitrogens with one attached hydrogen (secondary N) is 2. The number of carbonyl (C=O) groups excluding carboxylic acids is 3. The van der Waals surface area contributed by atoms with Crippen molar-refractivity contribution in [1.82, 2.24) is 20.2 Å². The zero-order valence-electron chi connectivity index (χ0n) is 24.2. The molecule has 0 aliphatic heterocycles. The summed E-state index contributed by atoms with van der Waals surface area (Å²) in [5.41, 5.74) is 8.36. The number of benzene rings is 2. The highest BCUT2D eigenvalue weighted by Crippen LogP contribution is 2.24. The molecule has 1 aromatic heterocycles. The molecule has 0 aliphatic carbocycles. The average molecular weight is 552 g/mol. The number of imidazole rings is 1. The fourth-order valence-corrected chi connectivity index (χ4v) is 4.37. The van der Waals surface area contributed by atoms with Crippen LogP contribution in [0.4, 0.5) is 10.5 Å². The first kappa shape index (κ1) is 30.5. The maximum atomic E-state index is 13.5. The molecule has 4 N–H and O–H groups in total. The van der Waals surface area contributed by atoms with Crippen LogP contribution in [0.1, 0.15) is 60.2 Å². The van der Waals surface area contributed by atoms with Crippen LogP contribution in [0.15, 0.2) is 48.5 Å². The number of aromatic nitrogens is 2. The van der Waals surface area contributed by atoms with Crippen molar-refractivity contribution in [1.29, 1.82) is 0 Å². The monoisotopic (exact) mass is 551 g/mol. The molecule has 0 bridgehead atoms. The molecular formula is C30H41N5O5. The van der Waals surface area contributed by atoms with Crippen LogP contribution in [0, 0.1) is 5.92 Å². The Kier molecular flexibility index (Phi) is 10.1. The molecule has 10 heteroatoms. The first-order valence-electron chi connectivity index (χ1n) is 13.7. The number of esters is 1. The number of rotatable bonds is 11. The summed E-state index contributed by atoms with van der Waals surface area (Å²) in [6, 6.07) is 13.4. The molecule has 1 heterocycles. The van der Waals surface area contributed by atoms with Crippen molar-refractivity contribution in [2.24, 2.45) is 5.92 Å². The molecule has 2 amide bonds. The predicted octanol–water partition coefficient (Wildman–Crippen LogP) is 4.53. The molecule has 2 aromatic carbocycles. The number of amides is 2. The first-order chi connectivity index (χ1) is 18.9. The van der Waals surface area contributed by atoms with Crippen molar-refractivity contribution >= 4 is 34.7 Å². The van der Waals surface area contributed by atoms with Crippen molar-refractivity contribution in [3.8, 4) is 5.69 Å². The Morgan fingerprint density at radius 2 is 1.73 bits per heavy atom. The first-order valence-corrected chi connectivity index (χ1v) is 13.7. The third-order valence-electron chi connectivity index (χ3n) is 6.02. The second-order valence-corrected chi connectivity index (χ2v) is 11.1. The lowest BCUT2D eigenvalue weighted by molar-refractivity contribution is -0.148. The number of para-hydroxylation sites is 1. The molecule has 0 aliphatic rings. The Balaban J connectivity index is 1.91. The maximum absolute atomic E-state index is 13.5. The molecular weight excluding hydrogens is 510 g/mol. The highest BCUT2D eigenvalue weighted by Gasteiger charge is 2.30. The fourth-order valence-electron chi connectivity index (χ4n) is 4.37. The van der Waals surface area contributed by atoms with Crippen LogP contribution in [-0.2, 0) is 25.5 Å². The molecule has 0 spiro atoms. The summed E-state index contributed by atoms with van der Waals surface area (Å²) in [4.78, 5) is 43.6. The van der Waals surface area contributed by atoms with E-state index < -0.39 is 35.7 Å². The van der Waals surface area contributed by atoms with Crippen LogP contribution < -0.4 is 16.4 Å². The molecule has 3 aromatic rings. The van der Waals surface area contributed by atoms with Gasteiger partial charge in [0.2, 0.25) is 5.91 Å². The van der Waals surface area contributed by atoms with Crippen LogP contribution in [0.3, 0.4) is 0 Å². The van der Waals surface area contributed by atoms with Gasteiger partial charge in [0, 0.05) is 17.8 Å². The van der Waals surface area contributed by atoms with Crippen LogP contribution in [0.5, 0.6) is 0 Å². The summed E-state index contributed by atoms with van der Waals surface area (Å²) in [6.07, 6.45) is 0.211. The van der Waals surface area contributed by atoms with Gasteiger partial charge in [-0.15, -0.1) is 0 Å². The number of nitrogens with zero attached hydrogens (tertiary/aromatic N) is 2. The Morgan fingerprint density at radius 1 is 1.02 bits per heavy atom. The van der Waals surface area contributed by atoms with Crippen molar-refractivity contribution in [2.45, 2.75) is 78.5 Å². The summed E-state index contributed by atoms with van der Waals surface area (Å²) in [5, 5.41) is 5.48. The Bertz CT molecular complexity index is 1310. The van der Waals surface area contributed by atoms with E-state index >= 15 is 0 Å². The third-order valence-corrected chi connectivity index (χ3v) is 6.02. The summed E-state index contributed by atoms with van der Waals surface area (Å²) in [6.45, 7) is 11.1. The van der Waals surface area contributed by atoms with Gasteiger partial charge in [0.05, 0.1) is 17.6 Å². The number of anilines is 1. The SMILES string of the molecule is CCOC(=O)[C@H](CC(C)C)NC(=O)[C@H](CCc1nc2cc(N)ccc2n1-c1ccccc1)NC(=O)OC(C)(C)C. The van der Waals surface area contributed by atoms with Crippen molar-refractivity contribution < 1.29 is 23.9 Å². The standard InChI is InChI=1S/C30H41N5O5/c1-7-39-28(37)24(17-19(2)3)33-27(36)22(34-29(38)40-30(4,5)6)14-16-26-32-23-18-20(31)13-15-25(23)35(26)21-11-9-8-10-12-21/h8-13,15,18-19,22,24H,7,14,16-17,31H2,1-6H3,(H,33,36)(H,34,38)/t22-,24-/m0/s1. The van der Waals surface area contributed by atoms with Gasteiger partial charge in [0.15, 0.2) is 0 Å². The van der Waals surface area contributed by atoms with Crippen LogP contribution in [0.25, 0.3) is 16.7 Å². The summed E-state index contributed by atoms with van der Waals surface area (Å²) >= 11 is 0. The van der Waals surface area contributed by atoms with E-state index in [0.717, 1.165) is 16.7 Å². The van der Waals surface area contributed by atoms with Gasteiger partial charge in [-0.3, -0.25) is 9.36 Å². The van der Waals surface area contributed by atoms with Crippen molar-refractivity contribution in [2.75, 3.05) is 12.3 Å². The number of ether oxygens (including phenoxy) is 2. The van der Waals surface area contributed by atoms with Crippen LogP contribution in [-0.4, -0.2) is 51.8 Å². The van der Waals surface area contributed by atoms with Gasteiger partial charge >= 0.3 is 12.1 Å². The Labute approximate surface area is 235 Å². The number of alkyl carbamates (subject to hydrolysis) is 1. The van der Waals surface area contributed by atoms with Crippen LogP contribution in [0.2, 0.25) is 0 Å². The van der Waals surface area contributed by atoms with E-state index in [4.69, 9.17) is 20.2 Å². The van der Waals surface area contributed by atoms with Gasteiger partial charge in [0.1, 0.15) is 23.5 Å². The van der Waals surface area contributed by atoms with Gasteiger partial charge in [-0.2, -0.15) is 0 Å². The lowest BCUT2D eigenvalue weighted by Crippen LogP contribution is -2.53. The van der Waals surface area contributed by atoms with E-state index in [9.17, 15) is 14.4 Å². The van der Waals surface area contributed by atoms with Crippen LogP contribution >= 0.6 is 0 Å². The minimum atomic E-state index is -0.993. The highest BCUT2D eigenvalue weighted by molar-refractivity contribution is 5.89. The van der Waals surface area contributed by atoms with Gasteiger partial charge in [-0.25, -0.2) is 14.6 Å². The number of carbonyl (C=O) groups is 3. The Morgan fingerprint density at radius 3 is 2.35 bits per heavy atom. The second-order valence-electron chi connectivity index (χ2n) is 11.1. The average Bonchev–Trinajstić information content (AvgIpc) is 3.22. The molecule has 0 saturated heterocycles. The normalized spacial score (nSPS) is 13.1. The van der Waals surface area contributed by atoms with E-state index in [0.29, 0.717) is 24.4 Å². The minimum absolute atomic E-state index is 0.130. The van der Waals surface area contributed by atoms with Gasteiger partial charge in [-0.05, 0) is 76.8 Å². The number of nitrogen functional groups attached to an aromatic ring is 1. The van der Waals surface area contributed by atoms with E-state index in [1.54, 1.807) is 33.8 Å². The highest BCUT2D eigenvalue weighted by atomic mass is 16.6. The molecule has 0 fully saturated rings. The van der Waals surface area contributed by atoms with Gasteiger partial charge in [0.25, 0.3) is 0 Å². The Hall–Kier alpha value is -4.08. The second kappa shape index (κ2) is 13.3. The lowest BCUT2D eigenvalue weighted by atomic mass is 10.0. The quantitative estimate of drug-likeness (QED) is 0.235. The third kappa shape index (κ3) is 8.46. The predicted molar refractivity (Wildman–Crippen MR) is 155 cm³/mol. The van der Waals surface area contributed by atoms with E-state index in [1.807, 2.05) is 60.9 Å². The van der Waals surface area contributed by atoms with E-state index in [2.05, 4.69) is 10.6 Å². The largest absolute Gasteiger partial charge is 0.464 e. The van der Waals surface area contributed by atoms with Gasteiger partial charge < -0.3 is 25.8 Å². The molecule has 0 unspecified atom stereocenters. The van der Waals surface area contributed by atoms with E-state index in [-0.39, 0.29) is 18.9 Å². The smallest absolute Gasteiger partial charge is 0.408 e. The number of nitrogens with two attached hydrogens (primary N) is 1. The van der Waals surface area contributed by atoms with Crippen molar-refractivity contribution in [3.05, 3.63) is 54.4 Å². The van der Waals surface area contributed by atoms with E-state index in [1.165, 1.54) is 0 Å². The summed E-state index contributed by atoms with van der Waals surface area (Å²) in [5.74, 6) is -0.190. The fraction of sp³-hybridized carbons (Fsp3) is 0.467. The number of hydrogen-bond donors (Lipinski definition) is 3. The molecule has 10 nitrogen and oxygen atoms in total. The molecule has 40 heavy (non-hydrogen) atoms. The lowest BCUT2D eigenvalue weighted by Gasteiger charge is -2.25. The van der Waals surface area contributed by atoms with Gasteiger partial charge in [-0.1, -0.05) is 32.0 Å². The zero-order valence-corrected chi connectivity index (χ0v) is 24.2. The maximum Gasteiger partial charge on any atom is 0.408 e. The molecule has 0 saturated carbocycles. The summed E-state index contributed by atoms with van der Waals surface area (Å²) < 4.78 is 12.6. The topological polar surface area (TPSA) is 138 Å². The van der Waals surface area contributed by atoms with Crippen molar-refractivity contribution in [3.63, 3.8) is 0 Å².